The van der Waals surface area contributed by atoms with Crippen molar-refractivity contribution < 1.29 is 28.6 Å². The lowest BCUT2D eigenvalue weighted by Crippen LogP contribution is -2.30. The van der Waals surface area contributed by atoms with E-state index in [0.29, 0.717) is 19.3 Å². The maximum absolute atomic E-state index is 12.5. The van der Waals surface area contributed by atoms with Crippen molar-refractivity contribution >= 4 is 17.9 Å². The van der Waals surface area contributed by atoms with E-state index in [1.54, 1.807) is 0 Å². The van der Waals surface area contributed by atoms with Gasteiger partial charge in [-0.15, -0.1) is 0 Å². The Morgan fingerprint density at radius 3 is 0.942 bits per heavy atom. The molecular weight excluding hydrogens is 649 g/mol. The summed E-state index contributed by atoms with van der Waals surface area (Å²) < 4.78 is 16.6. The topological polar surface area (TPSA) is 78.9 Å². The highest BCUT2D eigenvalue weighted by atomic mass is 16.6. The van der Waals surface area contributed by atoms with E-state index in [9.17, 15) is 14.4 Å². The van der Waals surface area contributed by atoms with Crippen LogP contribution in [-0.4, -0.2) is 37.2 Å². The van der Waals surface area contributed by atoms with Crippen LogP contribution in [0.15, 0.2) is 0 Å². The molecule has 1 atom stereocenters. The monoisotopic (exact) mass is 737 g/mol. The molecule has 0 rings (SSSR count). The highest BCUT2D eigenvalue weighted by Crippen LogP contribution is 2.16. The molecule has 0 aliphatic carbocycles. The zero-order chi connectivity index (χ0) is 38.3. The third-order valence-electron chi connectivity index (χ3n) is 10.2. The Bertz CT molecular complexity index is 794. The van der Waals surface area contributed by atoms with Gasteiger partial charge in [0.2, 0.25) is 0 Å². The van der Waals surface area contributed by atoms with Gasteiger partial charge in [-0.3, -0.25) is 14.4 Å². The summed E-state index contributed by atoms with van der Waals surface area (Å²) in [6, 6.07) is 0. The van der Waals surface area contributed by atoms with Crippen LogP contribution in [0.5, 0.6) is 0 Å². The summed E-state index contributed by atoms with van der Waals surface area (Å²) in [6.07, 6.45) is 37.0. The first-order valence-corrected chi connectivity index (χ1v) is 22.7. The molecule has 52 heavy (non-hydrogen) atoms. The summed E-state index contributed by atoms with van der Waals surface area (Å²) in [5, 5.41) is 0. The Balaban J connectivity index is 4.09. The molecule has 308 valence electrons. The van der Waals surface area contributed by atoms with E-state index in [1.165, 1.54) is 128 Å². The van der Waals surface area contributed by atoms with Crippen molar-refractivity contribution in [3.8, 4) is 0 Å². The molecule has 0 aromatic rings. The molecule has 0 aliphatic heterocycles. The van der Waals surface area contributed by atoms with Crippen molar-refractivity contribution in [2.45, 2.75) is 253 Å². The first-order valence-electron chi connectivity index (χ1n) is 22.7. The molecule has 0 spiro atoms. The van der Waals surface area contributed by atoms with Gasteiger partial charge in [-0.1, -0.05) is 208 Å². The molecule has 0 unspecified atom stereocenters. The SMILES string of the molecule is CCCCCCCC(=O)O[C@@H](COC(=O)CCCCCCCCCCCCCCCCCC(C)C)COC(=O)CCCCCCCCCCC(C)C. The third kappa shape index (κ3) is 39.6. The van der Waals surface area contributed by atoms with Crippen molar-refractivity contribution in [1.29, 1.82) is 0 Å². The molecule has 0 heterocycles. The normalized spacial score (nSPS) is 12.1. The number of carbonyl (C=O) groups is 3. The number of rotatable bonds is 40. The van der Waals surface area contributed by atoms with Crippen molar-refractivity contribution in [1.82, 2.24) is 0 Å². The highest BCUT2D eigenvalue weighted by molar-refractivity contribution is 5.71. The molecule has 0 saturated heterocycles. The Labute approximate surface area is 323 Å². The summed E-state index contributed by atoms with van der Waals surface area (Å²) in [5.74, 6) is 0.773. The van der Waals surface area contributed by atoms with Crippen LogP contribution in [0.2, 0.25) is 0 Å². The average Bonchev–Trinajstić information content (AvgIpc) is 3.11. The van der Waals surface area contributed by atoms with Crippen molar-refractivity contribution in [2.75, 3.05) is 13.2 Å². The minimum Gasteiger partial charge on any atom is -0.462 e. The second-order valence-corrected chi connectivity index (χ2v) is 16.6. The number of carbonyl (C=O) groups excluding carboxylic acids is 3. The Morgan fingerprint density at radius 2 is 0.635 bits per heavy atom. The van der Waals surface area contributed by atoms with E-state index in [-0.39, 0.29) is 31.1 Å². The minimum atomic E-state index is -0.758. The average molecular weight is 737 g/mol. The summed E-state index contributed by atoms with van der Waals surface area (Å²) in [4.78, 5) is 37.4. The Hall–Kier alpha value is -1.59. The van der Waals surface area contributed by atoms with E-state index >= 15 is 0 Å². The molecule has 0 aromatic heterocycles. The predicted octanol–water partition coefficient (Wildman–Crippen LogP) is 14.2. The van der Waals surface area contributed by atoms with Gasteiger partial charge in [0.1, 0.15) is 13.2 Å². The highest BCUT2D eigenvalue weighted by Gasteiger charge is 2.19. The molecule has 0 bridgehead atoms. The lowest BCUT2D eigenvalue weighted by molar-refractivity contribution is -0.167. The maximum atomic E-state index is 12.5. The van der Waals surface area contributed by atoms with Crippen LogP contribution < -0.4 is 0 Å². The summed E-state index contributed by atoms with van der Waals surface area (Å²) in [7, 11) is 0. The molecular formula is C46H88O6. The van der Waals surface area contributed by atoms with Crippen molar-refractivity contribution in [3.05, 3.63) is 0 Å². The molecule has 0 aliphatic rings. The van der Waals surface area contributed by atoms with E-state index in [0.717, 1.165) is 76.0 Å². The van der Waals surface area contributed by atoms with Gasteiger partial charge in [-0.2, -0.15) is 0 Å². The van der Waals surface area contributed by atoms with E-state index < -0.39 is 6.10 Å². The number of esters is 3. The largest absolute Gasteiger partial charge is 0.462 e. The zero-order valence-corrected chi connectivity index (χ0v) is 35.4. The van der Waals surface area contributed by atoms with Crippen LogP contribution in [0.25, 0.3) is 0 Å². The molecule has 0 N–H and O–H groups in total. The number of unbranched alkanes of at least 4 members (excludes halogenated alkanes) is 25. The predicted molar refractivity (Wildman–Crippen MR) is 220 cm³/mol. The minimum absolute atomic E-state index is 0.0663. The quantitative estimate of drug-likeness (QED) is 0.0354. The lowest BCUT2D eigenvalue weighted by Gasteiger charge is -2.18. The fourth-order valence-electron chi connectivity index (χ4n) is 6.75. The van der Waals surface area contributed by atoms with Gasteiger partial charge in [0, 0.05) is 19.3 Å². The van der Waals surface area contributed by atoms with Gasteiger partial charge in [0.15, 0.2) is 6.10 Å². The first-order chi connectivity index (χ1) is 25.2. The van der Waals surface area contributed by atoms with Gasteiger partial charge >= 0.3 is 17.9 Å². The molecule has 6 heteroatoms. The number of hydrogen-bond acceptors (Lipinski definition) is 6. The third-order valence-corrected chi connectivity index (χ3v) is 10.2. The van der Waals surface area contributed by atoms with E-state index in [4.69, 9.17) is 14.2 Å². The standard InChI is InChI=1S/C46H88O6/c1-6-7-8-24-33-38-46(49)52-43(40-51-45(48)37-32-28-23-19-18-21-26-30-35-42(4)5)39-50-44(47)36-31-27-22-17-15-13-11-9-10-12-14-16-20-25-29-34-41(2)3/h41-43H,6-40H2,1-5H3/t43-/m0/s1. The van der Waals surface area contributed by atoms with Gasteiger partial charge in [-0.05, 0) is 31.1 Å². The smallest absolute Gasteiger partial charge is 0.306 e. The van der Waals surface area contributed by atoms with Crippen LogP contribution in [0.1, 0.15) is 247 Å². The van der Waals surface area contributed by atoms with Gasteiger partial charge < -0.3 is 14.2 Å². The van der Waals surface area contributed by atoms with Gasteiger partial charge in [-0.25, -0.2) is 0 Å². The second-order valence-electron chi connectivity index (χ2n) is 16.6. The summed E-state index contributed by atoms with van der Waals surface area (Å²) in [5.41, 5.74) is 0. The van der Waals surface area contributed by atoms with Crippen LogP contribution >= 0.6 is 0 Å². The molecule has 0 fully saturated rings. The second kappa shape index (κ2) is 39.1. The van der Waals surface area contributed by atoms with Crippen LogP contribution in [-0.2, 0) is 28.6 Å². The van der Waals surface area contributed by atoms with Crippen LogP contribution in [0.4, 0.5) is 0 Å². The van der Waals surface area contributed by atoms with Crippen LogP contribution in [0, 0.1) is 11.8 Å². The number of hydrogen-bond donors (Lipinski definition) is 0. The first kappa shape index (κ1) is 50.4. The molecule has 0 aromatic carbocycles. The summed E-state index contributed by atoms with van der Waals surface area (Å²) in [6.45, 7) is 11.2. The van der Waals surface area contributed by atoms with Crippen LogP contribution in [0.3, 0.4) is 0 Å². The molecule has 0 saturated carbocycles. The van der Waals surface area contributed by atoms with E-state index in [2.05, 4.69) is 34.6 Å². The van der Waals surface area contributed by atoms with E-state index in [1.807, 2.05) is 0 Å². The van der Waals surface area contributed by atoms with Crippen molar-refractivity contribution in [2.24, 2.45) is 11.8 Å². The maximum Gasteiger partial charge on any atom is 0.306 e. The van der Waals surface area contributed by atoms with Gasteiger partial charge in [0.25, 0.3) is 0 Å². The Morgan fingerprint density at radius 1 is 0.365 bits per heavy atom. The Kier molecular flexibility index (Phi) is 37.9. The van der Waals surface area contributed by atoms with Gasteiger partial charge in [0.05, 0.1) is 0 Å². The molecule has 0 radical (unpaired) electrons. The fraction of sp³-hybridized carbons (Fsp3) is 0.935. The zero-order valence-electron chi connectivity index (χ0n) is 35.4. The molecule has 0 amide bonds. The number of ether oxygens (including phenoxy) is 3. The molecule has 6 nitrogen and oxygen atoms in total. The fourth-order valence-corrected chi connectivity index (χ4v) is 6.75. The van der Waals surface area contributed by atoms with Crippen molar-refractivity contribution in [3.63, 3.8) is 0 Å². The lowest BCUT2D eigenvalue weighted by atomic mass is 10.0. The summed E-state index contributed by atoms with van der Waals surface area (Å²) >= 11 is 0.